The van der Waals surface area contributed by atoms with Gasteiger partial charge in [0.15, 0.2) is 0 Å². The van der Waals surface area contributed by atoms with Crippen molar-refractivity contribution in [1.82, 2.24) is 15.2 Å². The van der Waals surface area contributed by atoms with Crippen LogP contribution in [0, 0.1) is 6.92 Å². The van der Waals surface area contributed by atoms with Crippen LogP contribution in [0.4, 0.5) is 0 Å². The van der Waals surface area contributed by atoms with Crippen LogP contribution in [0.5, 0.6) is 0 Å². The van der Waals surface area contributed by atoms with Crippen LogP contribution in [0.25, 0.3) is 10.9 Å². The summed E-state index contributed by atoms with van der Waals surface area (Å²) in [4.78, 5) is 0. The molecule has 0 spiro atoms. The van der Waals surface area contributed by atoms with Crippen molar-refractivity contribution in [2.45, 2.75) is 26.4 Å². The molecule has 2 aromatic carbocycles. The lowest BCUT2D eigenvalue weighted by atomic mass is 10.1. The van der Waals surface area contributed by atoms with Crippen LogP contribution in [0.3, 0.4) is 0 Å². The molecule has 0 saturated carbocycles. The van der Waals surface area contributed by atoms with Crippen LogP contribution < -0.4 is 10.6 Å². The van der Waals surface area contributed by atoms with E-state index in [4.69, 9.17) is 5.11 Å². The maximum absolute atomic E-state index is 8.76. The first kappa shape index (κ1) is 18.6. The summed E-state index contributed by atoms with van der Waals surface area (Å²) >= 11 is 0. The summed E-state index contributed by atoms with van der Waals surface area (Å²) in [6.45, 7) is 6.67. The van der Waals surface area contributed by atoms with Crippen LogP contribution in [0.1, 0.15) is 23.1 Å². The van der Waals surface area contributed by atoms with Gasteiger partial charge in [-0.15, -0.1) is 0 Å². The number of aromatic nitrogens is 1. The first-order chi connectivity index (χ1) is 12.8. The molecule has 1 heterocycles. The number of nitrogens with zero attached hydrogens (tertiary/aromatic N) is 1. The van der Waals surface area contributed by atoms with Gasteiger partial charge < -0.3 is 20.3 Å². The van der Waals surface area contributed by atoms with Crippen molar-refractivity contribution >= 4 is 10.9 Å². The van der Waals surface area contributed by atoms with E-state index in [9.17, 15) is 0 Å². The van der Waals surface area contributed by atoms with Crippen LogP contribution >= 0.6 is 0 Å². The van der Waals surface area contributed by atoms with Gasteiger partial charge in [-0.1, -0.05) is 48.0 Å². The highest BCUT2D eigenvalue weighted by Gasteiger charge is 2.08. The Labute approximate surface area is 155 Å². The molecule has 3 rings (SSSR count). The standard InChI is InChI=1S/C22H29N3O/c1-18-7-9-19(10-8-18)16-25-17-20(21-5-2-3-6-22(21)25)15-24-12-4-11-23-13-14-26/h2-3,5-10,17,23-24,26H,4,11-16H2,1H3. The number of rotatable bonds is 10. The van der Waals surface area contributed by atoms with Gasteiger partial charge in [-0.3, -0.25) is 0 Å². The number of aliphatic hydroxyl groups excluding tert-OH is 1. The summed E-state index contributed by atoms with van der Waals surface area (Å²) in [6, 6.07) is 17.4. The molecule has 0 aliphatic carbocycles. The molecule has 138 valence electrons. The van der Waals surface area contributed by atoms with Crippen LogP contribution in [-0.2, 0) is 13.1 Å². The molecule has 0 bridgehead atoms. The van der Waals surface area contributed by atoms with Gasteiger partial charge in [0, 0.05) is 36.7 Å². The Morgan fingerprint density at radius 1 is 0.923 bits per heavy atom. The molecule has 0 amide bonds. The van der Waals surface area contributed by atoms with Crippen molar-refractivity contribution in [2.24, 2.45) is 0 Å². The highest BCUT2D eigenvalue weighted by Crippen LogP contribution is 2.22. The Morgan fingerprint density at radius 2 is 1.69 bits per heavy atom. The molecule has 26 heavy (non-hydrogen) atoms. The molecule has 0 radical (unpaired) electrons. The van der Waals surface area contributed by atoms with Gasteiger partial charge in [0.2, 0.25) is 0 Å². The van der Waals surface area contributed by atoms with Crippen molar-refractivity contribution in [3.63, 3.8) is 0 Å². The smallest absolute Gasteiger partial charge is 0.0555 e. The number of benzene rings is 2. The van der Waals surface area contributed by atoms with E-state index in [2.05, 4.69) is 76.9 Å². The monoisotopic (exact) mass is 351 g/mol. The van der Waals surface area contributed by atoms with E-state index in [0.717, 1.165) is 32.6 Å². The molecule has 4 nitrogen and oxygen atoms in total. The van der Waals surface area contributed by atoms with Crippen molar-refractivity contribution in [3.05, 3.63) is 71.4 Å². The second-order valence-electron chi connectivity index (χ2n) is 6.79. The third kappa shape index (κ3) is 4.94. The molecule has 0 aliphatic rings. The first-order valence-corrected chi connectivity index (χ1v) is 9.42. The van der Waals surface area contributed by atoms with E-state index in [1.54, 1.807) is 0 Å². The highest BCUT2D eigenvalue weighted by atomic mass is 16.3. The molecule has 0 aliphatic heterocycles. The Morgan fingerprint density at radius 3 is 2.50 bits per heavy atom. The minimum absolute atomic E-state index is 0.202. The zero-order valence-electron chi connectivity index (χ0n) is 15.5. The number of para-hydroxylation sites is 1. The van der Waals surface area contributed by atoms with Crippen molar-refractivity contribution < 1.29 is 5.11 Å². The van der Waals surface area contributed by atoms with Crippen molar-refractivity contribution in [2.75, 3.05) is 26.2 Å². The molecule has 4 heteroatoms. The van der Waals surface area contributed by atoms with Crippen LogP contribution in [-0.4, -0.2) is 35.9 Å². The number of aryl methyl sites for hydroxylation is 1. The van der Waals surface area contributed by atoms with Crippen molar-refractivity contribution in [3.8, 4) is 0 Å². The van der Waals surface area contributed by atoms with E-state index in [0.29, 0.717) is 6.54 Å². The number of fused-ring (bicyclic) bond motifs is 1. The lowest BCUT2D eigenvalue weighted by Crippen LogP contribution is -2.23. The Bertz CT molecular complexity index is 808. The molecule has 1 aromatic heterocycles. The number of aliphatic hydroxyl groups is 1. The van der Waals surface area contributed by atoms with Crippen molar-refractivity contribution in [1.29, 1.82) is 0 Å². The second-order valence-corrected chi connectivity index (χ2v) is 6.79. The molecule has 0 fully saturated rings. The predicted molar refractivity (Wildman–Crippen MR) is 108 cm³/mol. The Balaban J connectivity index is 1.64. The molecular formula is C22H29N3O. The van der Waals surface area contributed by atoms with Gasteiger partial charge in [-0.05, 0) is 43.6 Å². The number of nitrogens with one attached hydrogen (secondary N) is 2. The lowest BCUT2D eigenvalue weighted by molar-refractivity contribution is 0.292. The fourth-order valence-corrected chi connectivity index (χ4v) is 3.25. The maximum atomic E-state index is 8.76. The van der Waals surface area contributed by atoms with Gasteiger partial charge in [0.1, 0.15) is 0 Å². The first-order valence-electron chi connectivity index (χ1n) is 9.42. The fraction of sp³-hybridized carbons (Fsp3) is 0.364. The predicted octanol–water partition coefficient (Wildman–Crippen LogP) is 3.06. The Kier molecular flexibility index (Phi) is 6.83. The zero-order valence-corrected chi connectivity index (χ0v) is 15.5. The van der Waals surface area contributed by atoms with Crippen LogP contribution in [0.15, 0.2) is 54.7 Å². The zero-order chi connectivity index (χ0) is 18.2. The minimum Gasteiger partial charge on any atom is -0.395 e. The van der Waals surface area contributed by atoms with E-state index in [-0.39, 0.29) is 6.61 Å². The van der Waals surface area contributed by atoms with E-state index in [1.165, 1.54) is 27.6 Å². The van der Waals surface area contributed by atoms with Gasteiger partial charge in [0.05, 0.1) is 6.61 Å². The largest absolute Gasteiger partial charge is 0.395 e. The fourth-order valence-electron chi connectivity index (χ4n) is 3.25. The highest BCUT2D eigenvalue weighted by molar-refractivity contribution is 5.84. The quantitative estimate of drug-likeness (QED) is 0.492. The molecule has 0 atom stereocenters. The third-order valence-electron chi connectivity index (χ3n) is 4.66. The van der Waals surface area contributed by atoms with Gasteiger partial charge in [0.25, 0.3) is 0 Å². The summed E-state index contributed by atoms with van der Waals surface area (Å²) < 4.78 is 2.35. The summed E-state index contributed by atoms with van der Waals surface area (Å²) in [5.74, 6) is 0. The Hall–Kier alpha value is -2.14. The normalized spacial score (nSPS) is 11.3. The molecular weight excluding hydrogens is 322 g/mol. The summed E-state index contributed by atoms with van der Waals surface area (Å²) in [5.41, 5.74) is 5.25. The molecule has 3 aromatic rings. The topological polar surface area (TPSA) is 49.2 Å². The SMILES string of the molecule is Cc1ccc(Cn2cc(CNCCCNCCO)c3ccccc32)cc1. The average molecular weight is 351 g/mol. The molecule has 0 unspecified atom stereocenters. The molecule has 0 saturated heterocycles. The van der Waals surface area contributed by atoms with E-state index in [1.807, 2.05) is 0 Å². The minimum atomic E-state index is 0.202. The maximum Gasteiger partial charge on any atom is 0.0555 e. The summed E-state index contributed by atoms with van der Waals surface area (Å²) in [7, 11) is 0. The van der Waals surface area contributed by atoms with Gasteiger partial charge in [-0.25, -0.2) is 0 Å². The second kappa shape index (κ2) is 9.53. The van der Waals surface area contributed by atoms with Crippen LogP contribution in [0.2, 0.25) is 0 Å². The van der Waals surface area contributed by atoms with E-state index < -0.39 is 0 Å². The van der Waals surface area contributed by atoms with E-state index >= 15 is 0 Å². The summed E-state index contributed by atoms with van der Waals surface area (Å²) in [6.07, 6.45) is 3.34. The third-order valence-corrected chi connectivity index (χ3v) is 4.66. The average Bonchev–Trinajstić information content (AvgIpc) is 3.01. The lowest BCUT2D eigenvalue weighted by Gasteiger charge is -2.06. The number of hydrogen-bond donors (Lipinski definition) is 3. The van der Waals surface area contributed by atoms with Gasteiger partial charge >= 0.3 is 0 Å². The number of hydrogen-bond acceptors (Lipinski definition) is 3. The molecule has 3 N–H and O–H groups in total. The summed E-state index contributed by atoms with van der Waals surface area (Å²) in [5, 5.41) is 16.8. The van der Waals surface area contributed by atoms with Gasteiger partial charge in [-0.2, -0.15) is 0 Å².